The Hall–Kier alpha value is -1.65. The van der Waals surface area contributed by atoms with Crippen molar-refractivity contribution in [3.8, 4) is 5.75 Å². The summed E-state index contributed by atoms with van der Waals surface area (Å²) in [6, 6.07) is 12.0. The Morgan fingerprint density at radius 1 is 1.14 bits per heavy atom. The molecular weight excluding hydrogens is 390 g/mol. The van der Waals surface area contributed by atoms with Crippen LogP contribution in [0.25, 0.3) is 0 Å². The molecule has 0 fully saturated rings. The molecule has 0 bridgehead atoms. The molecule has 1 N–H and O–H groups in total. The van der Waals surface area contributed by atoms with Gasteiger partial charge in [-0.25, -0.2) is 0 Å². The van der Waals surface area contributed by atoms with Crippen LogP contribution in [0.15, 0.2) is 41.3 Å². The fraction of sp³-hybridized carbons (Fsp3) is 0.435. The molecule has 1 atom stereocenters. The summed E-state index contributed by atoms with van der Waals surface area (Å²) in [5.74, 6) is 2.27. The van der Waals surface area contributed by atoms with Crippen LogP contribution in [0.2, 0.25) is 5.02 Å². The summed E-state index contributed by atoms with van der Waals surface area (Å²) in [6.07, 6.45) is 1.36. The highest BCUT2D eigenvalue weighted by molar-refractivity contribution is 7.99. The summed E-state index contributed by atoms with van der Waals surface area (Å²) in [5, 5.41) is 3.88. The smallest absolute Gasteiger partial charge is 0.220 e. The quantitative estimate of drug-likeness (QED) is 0.371. The van der Waals surface area contributed by atoms with Gasteiger partial charge in [-0.3, -0.25) is 4.79 Å². The maximum Gasteiger partial charge on any atom is 0.220 e. The number of carbonyl (C=O) groups is 1. The third-order valence-corrected chi connectivity index (χ3v) is 6.07. The van der Waals surface area contributed by atoms with Crippen molar-refractivity contribution >= 4 is 29.3 Å². The molecule has 0 saturated heterocycles. The van der Waals surface area contributed by atoms with E-state index in [1.807, 2.05) is 31.2 Å². The van der Waals surface area contributed by atoms with E-state index in [1.165, 1.54) is 10.5 Å². The van der Waals surface area contributed by atoms with Crippen LogP contribution in [0.1, 0.15) is 62.3 Å². The lowest BCUT2D eigenvalue weighted by Gasteiger charge is -2.21. The van der Waals surface area contributed by atoms with Gasteiger partial charge in [-0.2, -0.15) is 0 Å². The van der Waals surface area contributed by atoms with Gasteiger partial charge in [0.1, 0.15) is 5.75 Å². The number of carbonyl (C=O) groups excluding carboxylic acids is 1. The maximum atomic E-state index is 12.4. The highest BCUT2D eigenvalue weighted by Crippen LogP contribution is 2.32. The molecule has 0 radical (unpaired) electrons. The molecule has 0 aromatic heterocycles. The number of amides is 1. The van der Waals surface area contributed by atoms with Crippen LogP contribution in [0.5, 0.6) is 5.75 Å². The number of methoxy groups -OCH3 is 1. The van der Waals surface area contributed by atoms with Crippen molar-refractivity contribution in [3.05, 3.63) is 58.1 Å². The molecule has 0 aliphatic heterocycles. The number of rotatable bonds is 9. The molecule has 0 unspecified atom stereocenters. The second kappa shape index (κ2) is 10.8. The first-order valence-corrected chi connectivity index (χ1v) is 11.0. The molecule has 0 aliphatic rings. The Morgan fingerprint density at radius 3 is 2.43 bits per heavy atom. The summed E-state index contributed by atoms with van der Waals surface area (Å²) in [4.78, 5) is 13.5. The molecular formula is C23H30ClNO2S. The van der Waals surface area contributed by atoms with Gasteiger partial charge in [0.2, 0.25) is 5.91 Å². The number of hydrogen-bond donors (Lipinski definition) is 1. The summed E-state index contributed by atoms with van der Waals surface area (Å²) >= 11 is 7.64. The fourth-order valence-corrected chi connectivity index (χ4v) is 4.13. The minimum atomic E-state index is -0.0279. The van der Waals surface area contributed by atoms with Crippen molar-refractivity contribution in [2.45, 2.75) is 57.4 Å². The van der Waals surface area contributed by atoms with Crippen LogP contribution in [0.3, 0.4) is 0 Å². The molecule has 5 heteroatoms. The van der Waals surface area contributed by atoms with Crippen LogP contribution in [0.4, 0.5) is 0 Å². The molecule has 2 aromatic carbocycles. The summed E-state index contributed by atoms with van der Waals surface area (Å²) in [6.45, 7) is 8.41. The summed E-state index contributed by atoms with van der Waals surface area (Å²) < 4.78 is 5.51. The van der Waals surface area contributed by atoms with E-state index < -0.39 is 0 Å². The van der Waals surface area contributed by atoms with Crippen molar-refractivity contribution in [2.24, 2.45) is 0 Å². The standard InChI is InChI=1S/C23H30ClNO2S/c1-15(2)20-14-21(16(3)13-22(20)27-5)17(4)25-23(26)7-6-12-28-19-10-8-18(24)9-11-19/h8-11,13-15,17H,6-7,12H2,1-5H3,(H,25,26)/t17-/m0/s1. The van der Waals surface area contributed by atoms with Gasteiger partial charge in [-0.05, 0) is 85.0 Å². The van der Waals surface area contributed by atoms with Crippen molar-refractivity contribution in [1.82, 2.24) is 5.32 Å². The maximum absolute atomic E-state index is 12.4. The van der Waals surface area contributed by atoms with Crippen molar-refractivity contribution in [3.63, 3.8) is 0 Å². The van der Waals surface area contributed by atoms with Crippen LogP contribution >= 0.6 is 23.4 Å². The molecule has 2 rings (SSSR count). The van der Waals surface area contributed by atoms with Crippen LogP contribution in [0, 0.1) is 6.92 Å². The van der Waals surface area contributed by atoms with Gasteiger partial charge >= 0.3 is 0 Å². The number of ether oxygens (including phenoxy) is 1. The van der Waals surface area contributed by atoms with Crippen molar-refractivity contribution in [1.29, 1.82) is 0 Å². The molecule has 0 aliphatic carbocycles. The topological polar surface area (TPSA) is 38.3 Å². The predicted octanol–water partition coefficient (Wildman–Crippen LogP) is 6.53. The van der Waals surface area contributed by atoms with Gasteiger partial charge in [0.15, 0.2) is 0 Å². The van der Waals surface area contributed by atoms with E-state index in [-0.39, 0.29) is 11.9 Å². The molecule has 152 valence electrons. The highest BCUT2D eigenvalue weighted by atomic mass is 35.5. The second-order valence-electron chi connectivity index (χ2n) is 7.30. The van der Waals surface area contributed by atoms with E-state index in [9.17, 15) is 4.79 Å². The van der Waals surface area contributed by atoms with Gasteiger partial charge in [-0.1, -0.05) is 25.4 Å². The lowest BCUT2D eigenvalue weighted by molar-refractivity contribution is -0.121. The molecule has 2 aromatic rings. The van der Waals surface area contributed by atoms with E-state index in [0.717, 1.165) is 34.1 Å². The average Bonchev–Trinajstić information content (AvgIpc) is 2.65. The molecule has 28 heavy (non-hydrogen) atoms. The van der Waals surface area contributed by atoms with E-state index in [1.54, 1.807) is 18.9 Å². The number of nitrogens with one attached hydrogen (secondary N) is 1. The highest BCUT2D eigenvalue weighted by Gasteiger charge is 2.16. The third kappa shape index (κ3) is 6.46. The molecule has 3 nitrogen and oxygen atoms in total. The van der Waals surface area contributed by atoms with E-state index >= 15 is 0 Å². The van der Waals surface area contributed by atoms with E-state index in [4.69, 9.17) is 16.3 Å². The van der Waals surface area contributed by atoms with Crippen LogP contribution < -0.4 is 10.1 Å². The molecule has 0 heterocycles. The number of aryl methyl sites for hydroxylation is 1. The Balaban J connectivity index is 1.87. The van der Waals surface area contributed by atoms with Crippen LogP contribution in [-0.2, 0) is 4.79 Å². The Kier molecular flexibility index (Phi) is 8.71. The van der Waals surface area contributed by atoms with E-state index in [2.05, 4.69) is 38.2 Å². The zero-order valence-corrected chi connectivity index (χ0v) is 18.9. The summed E-state index contributed by atoms with van der Waals surface area (Å²) in [5.41, 5.74) is 3.45. The number of thioether (sulfide) groups is 1. The average molecular weight is 420 g/mol. The first-order chi connectivity index (χ1) is 13.3. The SMILES string of the molecule is COc1cc(C)c([C@H](C)NC(=O)CCCSc2ccc(Cl)cc2)cc1C(C)C. The monoisotopic (exact) mass is 419 g/mol. The Morgan fingerprint density at radius 2 is 1.82 bits per heavy atom. The van der Waals surface area contributed by atoms with Crippen LogP contribution in [-0.4, -0.2) is 18.8 Å². The van der Waals surface area contributed by atoms with Gasteiger partial charge in [-0.15, -0.1) is 11.8 Å². The molecule has 1 amide bonds. The Bertz CT molecular complexity index is 790. The van der Waals surface area contributed by atoms with Gasteiger partial charge < -0.3 is 10.1 Å². The minimum Gasteiger partial charge on any atom is -0.496 e. The lowest BCUT2D eigenvalue weighted by Crippen LogP contribution is -2.27. The fourth-order valence-electron chi connectivity index (χ4n) is 3.16. The first kappa shape index (κ1) is 22.6. The van der Waals surface area contributed by atoms with Gasteiger partial charge in [0.05, 0.1) is 13.2 Å². The zero-order valence-electron chi connectivity index (χ0n) is 17.3. The predicted molar refractivity (Wildman–Crippen MR) is 120 cm³/mol. The van der Waals surface area contributed by atoms with Gasteiger partial charge in [0.25, 0.3) is 0 Å². The lowest BCUT2D eigenvalue weighted by atomic mass is 9.93. The normalized spacial score (nSPS) is 12.1. The zero-order chi connectivity index (χ0) is 20.7. The first-order valence-electron chi connectivity index (χ1n) is 9.68. The number of hydrogen-bond acceptors (Lipinski definition) is 3. The van der Waals surface area contributed by atoms with E-state index in [0.29, 0.717) is 12.3 Å². The molecule has 0 spiro atoms. The minimum absolute atomic E-state index is 0.0279. The Labute approximate surface area is 178 Å². The molecule has 0 saturated carbocycles. The van der Waals surface area contributed by atoms with Crippen molar-refractivity contribution in [2.75, 3.05) is 12.9 Å². The number of halogens is 1. The second-order valence-corrected chi connectivity index (χ2v) is 8.91. The number of benzene rings is 2. The van der Waals surface area contributed by atoms with Gasteiger partial charge in [0, 0.05) is 16.3 Å². The van der Waals surface area contributed by atoms with Crippen molar-refractivity contribution < 1.29 is 9.53 Å². The third-order valence-electron chi connectivity index (χ3n) is 4.71. The summed E-state index contributed by atoms with van der Waals surface area (Å²) in [7, 11) is 1.70. The largest absolute Gasteiger partial charge is 0.496 e.